The third kappa shape index (κ3) is 1.28. The van der Waals surface area contributed by atoms with Gasteiger partial charge in [-0.1, -0.05) is 20.4 Å². The van der Waals surface area contributed by atoms with Crippen LogP contribution in [0.5, 0.6) is 0 Å². The molecule has 0 saturated carbocycles. The molecule has 0 atom stereocenters. The van der Waals surface area contributed by atoms with E-state index in [0.29, 0.717) is 0 Å². The minimum atomic E-state index is -0.223. The van der Waals surface area contributed by atoms with E-state index in [0.717, 1.165) is 16.7 Å². The Balaban J connectivity index is 2.98. The van der Waals surface area contributed by atoms with Crippen LogP contribution in [0.25, 0.3) is 0 Å². The number of ketones is 1. The molecule has 0 radical (unpaired) electrons. The van der Waals surface area contributed by atoms with Crippen molar-refractivity contribution in [1.82, 2.24) is 0 Å². The predicted molar refractivity (Wildman–Crippen MR) is 71.9 cm³/mol. The molecule has 0 bridgehead atoms. The van der Waals surface area contributed by atoms with E-state index in [1.54, 1.807) is 0 Å². The van der Waals surface area contributed by atoms with Gasteiger partial charge in [0.05, 0.1) is 0 Å². The molecule has 1 aliphatic carbocycles. The van der Waals surface area contributed by atoms with Gasteiger partial charge in [0.2, 0.25) is 0 Å². The highest BCUT2D eigenvalue weighted by Crippen LogP contribution is 2.46. The molecule has 0 aliphatic heterocycles. The van der Waals surface area contributed by atoms with Crippen LogP contribution >= 0.6 is 0 Å². The lowest BCUT2D eigenvalue weighted by atomic mass is 9.79. The lowest BCUT2D eigenvalue weighted by Gasteiger charge is -2.24. The third-order valence-electron chi connectivity index (χ3n) is 4.57. The normalized spacial score (nSPS) is 17.5. The zero-order valence-electron chi connectivity index (χ0n) is 11.6. The van der Waals surface area contributed by atoms with E-state index in [1.165, 1.54) is 22.3 Å². The first kappa shape index (κ1) is 12.1. The first-order valence-corrected chi connectivity index (χ1v) is 6.06. The molecule has 1 heteroatoms. The first-order chi connectivity index (χ1) is 7.71. The molecule has 0 amide bonds. The van der Waals surface area contributed by atoms with Gasteiger partial charge >= 0.3 is 0 Å². The van der Waals surface area contributed by atoms with E-state index in [2.05, 4.69) is 41.2 Å². The number of Topliss-reactive ketones (excluding diaryl/α,β-unsaturated/α-hetero) is 1. The van der Waals surface area contributed by atoms with Crippen LogP contribution in [0.2, 0.25) is 0 Å². The fourth-order valence-corrected chi connectivity index (χ4v) is 2.96. The molecule has 0 saturated heterocycles. The van der Waals surface area contributed by atoms with Crippen molar-refractivity contribution in [2.75, 3.05) is 0 Å². The Bertz CT molecular complexity index is 560. The van der Waals surface area contributed by atoms with Crippen LogP contribution in [-0.4, -0.2) is 5.78 Å². The summed E-state index contributed by atoms with van der Waals surface area (Å²) in [5, 5.41) is 0. The van der Waals surface area contributed by atoms with Crippen molar-refractivity contribution < 1.29 is 4.79 Å². The number of benzene rings is 1. The molecular weight excluding hydrogens is 208 g/mol. The molecular formula is C16H20O. The minimum Gasteiger partial charge on any atom is -0.289 e. The Kier molecular flexibility index (Phi) is 2.36. The van der Waals surface area contributed by atoms with Gasteiger partial charge in [-0.3, -0.25) is 4.79 Å². The second kappa shape index (κ2) is 3.32. The standard InChI is InChI=1S/C16H20O/c1-8-9(2)11(4)14-13(10(8)3)15(17)12(5)16(14,6)7/h5H2,1-4,6-7H3. The molecule has 1 aromatic carbocycles. The van der Waals surface area contributed by atoms with Crippen LogP contribution in [0.4, 0.5) is 0 Å². The Morgan fingerprint density at radius 1 is 0.882 bits per heavy atom. The number of hydrogen-bond donors (Lipinski definition) is 0. The van der Waals surface area contributed by atoms with Crippen molar-refractivity contribution in [1.29, 1.82) is 0 Å². The minimum absolute atomic E-state index is 0.133. The summed E-state index contributed by atoms with van der Waals surface area (Å²) in [5.41, 5.74) is 7.51. The van der Waals surface area contributed by atoms with E-state index in [9.17, 15) is 4.79 Å². The molecule has 0 fully saturated rings. The molecule has 0 aromatic heterocycles. The van der Waals surface area contributed by atoms with Gasteiger partial charge in [0.25, 0.3) is 0 Å². The molecule has 0 unspecified atom stereocenters. The molecule has 90 valence electrons. The van der Waals surface area contributed by atoms with Crippen molar-refractivity contribution in [3.8, 4) is 0 Å². The highest BCUT2D eigenvalue weighted by Gasteiger charge is 2.42. The summed E-state index contributed by atoms with van der Waals surface area (Å²) in [6.45, 7) is 16.6. The lowest BCUT2D eigenvalue weighted by Crippen LogP contribution is -2.17. The van der Waals surface area contributed by atoms with E-state index in [1.807, 2.05) is 6.92 Å². The molecule has 1 aliphatic rings. The van der Waals surface area contributed by atoms with Crippen LogP contribution in [0.1, 0.15) is 52.0 Å². The van der Waals surface area contributed by atoms with Crippen LogP contribution in [-0.2, 0) is 5.41 Å². The van der Waals surface area contributed by atoms with E-state index in [-0.39, 0.29) is 11.2 Å². The Labute approximate surface area is 104 Å². The van der Waals surface area contributed by atoms with E-state index < -0.39 is 0 Å². The SMILES string of the molecule is C=C1C(=O)c2c(C)c(C)c(C)c(C)c2C1(C)C. The summed E-state index contributed by atoms with van der Waals surface area (Å²) in [5.74, 6) is 0.133. The molecule has 0 heterocycles. The van der Waals surface area contributed by atoms with Crippen LogP contribution in [0, 0.1) is 27.7 Å². The van der Waals surface area contributed by atoms with Crippen LogP contribution < -0.4 is 0 Å². The first-order valence-electron chi connectivity index (χ1n) is 6.06. The van der Waals surface area contributed by atoms with Gasteiger partial charge < -0.3 is 0 Å². The smallest absolute Gasteiger partial charge is 0.189 e. The summed E-state index contributed by atoms with van der Waals surface area (Å²) in [6, 6.07) is 0. The van der Waals surface area contributed by atoms with Gasteiger partial charge in [0.15, 0.2) is 5.78 Å². The molecule has 1 aromatic rings. The van der Waals surface area contributed by atoms with E-state index >= 15 is 0 Å². The Morgan fingerprint density at radius 3 is 1.88 bits per heavy atom. The van der Waals surface area contributed by atoms with E-state index in [4.69, 9.17) is 0 Å². The second-order valence-corrected chi connectivity index (χ2v) is 5.68. The van der Waals surface area contributed by atoms with Gasteiger partial charge in [0, 0.05) is 16.6 Å². The zero-order valence-corrected chi connectivity index (χ0v) is 11.6. The monoisotopic (exact) mass is 228 g/mol. The predicted octanol–water partition coefficient (Wildman–Crippen LogP) is 3.95. The maximum absolute atomic E-state index is 12.3. The van der Waals surface area contributed by atoms with Gasteiger partial charge in [-0.25, -0.2) is 0 Å². The summed E-state index contributed by atoms with van der Waals surface area (Å²) in [7, 11) is 0. The van der Waals surface area contributed by atoms with Gasteiger partial charge in [-0.05, 0) is 55.5 Å². The third-order valence-corrected chi connectivity index (χ3v) is 4.57. The van der Waals surface area contributed by atoms with Crippen molar-refractivity contribution in [3.63, 3.8) is 0 Å². The largest absolute Gasteiger partial charge is 0.289 e. The number of fused-ring (bicyclic) bond motifs is 1. The number of hydrogen-bond acceptors (Lipinski definition) is 1. The summed E-state index contributed by atoms with van der Waals surface area (Å²) in [6.07, 6.45) is 0. The average molecular weight is 228 g/mol. The summed E-state index contributed by atoms with van der Waals surface area (Å²) in [4.78, 5) is 12.3. The van der Waals surface area contributed by atoms with Crippen molar-refractivity contribution in [2.24, 2.45) is 0 Å². The fraction of sp³-hybridized carbons (Fsp3) is 0.438. The average Bonchev–Trinajstić information content (AvgIpc) is 2.44. The van der Waals surface area contributed by atoms with Crippen LogP contribution in [0.15, 0.2) is 12.2 Å². The number of allylic oxidation sites excluding steroid dienone is 1. The Hall–Kier alpha value is -1.37. The van der Waals surface area contributed by atoms with Gasteiger partial charge in [-0.15, -0.1) is 0 Å². The molecule has 0 N–H and O–H groups in total. The zero-order chi connectivity index (χ0) is 13.1. The molecule has 1 nitrogen and oxygen atoms in total. The molecule has 2 rings (SSSR count). The second-order valence-electron chi connectivity index (χ2n) is 5.68. The van der Waals surface area contributed by atoms with Gasteiger partial charge in [0.1, 0.15) is 0 Å². The number of rotatable bonds is 0. The summed E-state index contributed by atoms with van der Waals surface area (Å²) < 4.78 is 0. The Morgan fingerprint density at radius 2 is 1.35 bits per heavy atom. The van der Waals surface area contributed by atoms with Crippen molar-refractivity contribution >= 4 is 5.78 Å². The maximum Gasteiger partial charge on any atom is 0.189 e. The van der Waals surface area contributed by atoms with Crippen LogP contribution in [0.3, 0.4) is 0 Å². The highest BCUT2D eigenvalue weighted by molar-refractivity contribution is 6.16. The fourth-order valence-electron chi connectivity index (χ4n) is 2.96. The van der Waals surface area contributed by atoms with Crippen molar-refractivity contribution in [2.45, 2.75) is 47.0 Å². The molecule has 0 spiro atoms. The maximum atomic E-state index is 12.3. The van der Waals surface area contributed by atoms with Gasteiger partial charge in [-0.2, -0.15) is 0 Å². The molecule has 17 heavy (non-hydrogen) atoms. The topological polar surface area (TPSA) is 17.1 Å². The van der Waals surface area contributed by atoms with Crippen molar-refractivity contribution in [3.05, 3.63) is 45.5 Å². The number of carbonyl (C=O) groups excluding carboxylic acids is 1. The summed E-state index contributed by atoms with van der Waals surface area (Å²) >= 11 is 0. The highest BCUT2D eigenvalue weighted by atomic mass is 16.1. The number of carbonyl (C=O) groups is 1. The quantitative estimate of drug-likeness (QED) is 0.614. The lowest BCUT2D eigenvalue weighted by molar-refractivity contribution is 0.103.